The van der Waals surface area contributed by atoms with Gasteiger partial charge in [0.1, 0.15) is 23.5 Å². The number of hydrogen-bond donors (Lipinski definition) is 3. The van der Waals surface area contributed by atoms with Crippen LogP contribution >= 0.6 is 34.8 Å². The molecule has 0 bridgehead atoms. The second-order valence-corrected chi connectivity index (χ2v) is 8.57. The van der Waals surface area contributed by atoms with E-state index in [4.69, 9.17) is 34.8 Å². The van der Waals surface area contributed by atoms with Crippen LogP contribution < -0.4 is 5.32 Å². The lowest BCUT2D eigenvalue weighted by molar-refractivity contribution is -0.141. The highest BCUT2D eigenvalue weighted by molar-refractivity contribution is 6.36. The van der Waals surface area contributed by atoms with Gasteiger partial charge in [0.15, 0.2) is 0 Å². The van der Waals surface area contributed by atoms with Gasteiger partial charge in [0, 0.05) is 10.7 Å². The molecule has 1 aromatic heterocycles. The van der Waals surface area contributed by atoms with Crippen molar-refractivity contribution in [1.29, 1.82) is 0 Å². The number of halogens is 3. The van der Waals surface area contributed by atoms with Crippen molar-refractivity contribution in [2.45, 2.75) is 26.3 Å². The monoisotopic (exact) mass is 483 g/mol. The van der Waals surface area contributed by atoms with E-state index < -0.39 is 17.9 Å². The van der Waals surface area contributed by atoms with Gasteiger partial charge in [-0.3, -0.25) is 4.79 Å². The van der Waals surface area contributed by atoms with Crippen molar-refractivity contribution >= 4 is 63.4 Å². The SMILES string of the molecule is CC(C)CC(C(=O)O)n1c(-c2cc(Cl)cc(Cl)c2O)nc2ccc(NC(=O)CCl)cc21. The molecule has 3 N–H and O–H groups in total. The van der Waals surface area contributed by atoms with E-state index in [0.29, 0.717) is 23.1 Å². The van der Waals surface area contributed by atoms with Gasteiger partial charge in [-0.2, -0.15) is 0 Å². The molecule has 0 aliphatic rings. The van der Waals surface area contributed by atoms with E-state index in [1.54, 1.807) is 18.2 Å². The normalized spacial score (nSPS) is 12.3. The van der Waals surface area contributed by atoms with Crippen LogP contribution in [0.15, 0.2) is 30.3 Å². The topological polar surface area (TPSA) is 104 Å². The first-order valence-electron chi connectivity index (χ1n) is 9.41. The van der Waals surface area contributed by atoms with Crippen LogP contribution in [0.3, 0.4) is 0 Å². The minimum atomic E-state index is -1.06. The molecule has 1 atom stereocenters. The number of anilines is 1. The number of aliphatic carboxylic acids is 1. The molecule has 0 radical (unpaired) electrons. The Morgan fingerprint density at radius 2 is 1.90 bits per heavy atom. The van der Waals surface area contributed by atoms with E-state index in [1.165, 1.54) is 16.7 Å². The van der Waals surface area contributed by atoms with Gasteiger partial charge in [-0.1, -0.05) is 37.0 Å². The van der Waals surface area contributed by atoms with Gasteiger partial charge in [-0.05, 0) is 42.7 Å². The molecule has 1 unspecified atom stereocenters. The highest BCUT2D eigenvalue weighted by atomic mass is 35.5. The quantitative estimate of drug-likeness (QED) is 0.381. The van der Waals surface area contributed by atoms with Crippen molar-refractivity contribution in [3.05, 3.63) is 40.4 Å². The van der Waals surface area contributed by atoms with Crippen molar-refractivity contribution in [1.82, 2.24) is 9.55 Å². The number of carboxylic acid groups (broad SMARTS) is 1. The molecule has 0 saturated carbocycles. The second-order valence-electron chi connectivity index (χ2n) is 7.46. The summed E-state index contributed by atoms with van der Waals surface area (Å²) in [6.07, 6.45) is 0.307. The molecular formula is C21H20Cl3N3O4. The largest absolute Gasteiger partial charge is 0.506 e. The highest BCUT2D eigenvalue weighted by Crippen LogP contribution is 2.41. The van der Waals surface area contributed by atoms with Gasteiger partial charge in [-0.25, -0.2) is 9.78 Å². The van der Waals surface area contributed by atoms with Crippen LogP contribution in [0.25, 0.3) is 22.4 Å². The minimum Gasteiger partial charge on any atom is -0.506 e. The summed E-state index contributed by atoms with van der Waals surface area (Å²) < 4.78 is 1.52. The maximum absolute atomic E-state index is 12.2. The Hall–Kier alpha value is -2.48. The van der Waals surface area contributed by atoms with E-state index in [1.807, 2.05) is 13.8 Å². The summed E-state index contributed by atoms with van der Waals surface area (Å²) in [5.74, 6) is -1.68. The molecule has 0 aliphatic carbocycles. The number of phenolic OH excluding ortho intramolecular Hbond substituents is 1. The summed E-state index contributed by atoms with van der Waals surface area (Å²) in [4.78, 5) is 28.5. The number of nitrogens with one attached hydrogen (secondary N) is 1. The number of carboxylic acids is 1. The molecule has 0 aliphatic heterocycles. The first-order valence-corrected chi connectivity index (χ1v) is 10.7. The Morgan fingerprint density at radius 1 is 1.19 bits per heavy atom. The number of benzene rings is 2. The number of amides is 1. The van der Waals surface area contributed by atoms with Crippen molar-refractivity contribution in [3.63, 3.8) is 0 Å². The summed E-state index contributed by atoms with van der Waals surface area (Å²) in [6, 6.07) is 6.78. The molecule has 31 heavy (non-hydrogen) atoms. The Balaban J connectivity index is 2.33. The molecule has 0 fully saturated rings. The van der Waals surface area contributed by atoms with E-state index >= 15 is 0 Å². The number of aromatic nitrogens is 2. The molecule has 3 rings (SSSR count). The van der Waals surface area contributed by atoms with Gasteiger partial charge < -0.3 is 20.1 Å². The van der Waals surface area contributed by atoms with Crippen LogP contribution in [-0.4, -0.2) is 37.5 Å². The zero-order valence-corrected chi connectivity index (χ0v) is 19.0. The van der Waals surface area contributed by atoms with Crippen molar-refractivity contribution < 1.29 is 19.8 Å². The number of nitrogens with zero attached hydrogens (tertiary/aromatic N) is 2. The lowest BCUT2D eigenvalue weighted by atomic mass is 10.0. The number of hydrogen-bond acceptors (Lipinski definition) is 4. The maximum Gasteiger partial charge on any atom is 0.326 e. The molecule has 0 spiro atoms. The fourth-order valence-electron chi connectivity index (χ4n) is 3.37. The third-order valence-electron chi connectivity index (χ3n) is 4.66. The zero-order valence-electron chi connectivity index (χ0n) is 16.7. The molecule has 2 aromatic carbocycles. The fraction of sp³-hybridized carbons (Fsp3) is 0.286. The van der Waals surface area contributed by atoms with Crippen LogP contribution in [0.2, 0.25) is 10.0 Å². The first kappa shape index (κ1) is 23.2. The molecule has 1 amide bonds. The number of carbonyl (C=O) groups is 2. The molecule has 7 nitrogen and oxygen atoms in total. The average molecular weight is 485 g/mol. The predicted molar refractivity (Wildman–Crippen MR) is 122 cm³/mol. The smallest absolute Gasteiger partial charge is 0.326 e. The van der Waals surface area contributed by atoms with E-state index in [0.717, 1.165) is 0 Å². The van der Waals surface area contributed by atoms with Gasteiger partial charge >= 0.3 is 5.97 Å². The Morgan fingerprint density at radius 3 is 2.52 bits per heavy atom. The molecule has 164 valence electrons. The van der Waals surface area contributed by atoms with Crippen LogP contribution in [0.1, 0.15) is 26.3 Å². The Labute approximate surface area is 193 Å². The van der Waals surface area contributed by atoms with E-state index in [-0.39, 0.29) is 39.0 Å². The molecule has 10 heteroatoms. The Kier molecular flexibility index (Phi) is 6.99. The highest BCUT2D eigenvalue weighted by Gasteiger charge is 2.28. The van der Waals surface area contributed by atoms with Crippen LogP contribution in [0.4, 0.5) is 5.69 Å². The van der Waals surface area contributed by atoms with Gasteiger partial charge in [-0.15, -0.1) is 11.6 Å². The lowest BCUT2D eigenvalue weighted by Crippen LogP contribution is -2.22. The van der Waals surface area contributed by atoms with Crippen molar-refractivity contribution in [3.8, 4) is 17.1 Å². The number of alkyl halides is 1. The third kappa shape index (κ3) is 4.89. The molecule has 0 saturated heterocycles. The van der Waals surface area contributed by atoms with Gasteiger partial charge in [0.25, 0.3) is 0 Å². The Bertz CT molecular complexity index is 1160. The summed E-state index contributed by atoms with van der Waals surface area (Å²) in [5.41, 5.74) is 1.58. The minimum absolute atomic E-state index is 0.0203. The second kappa shape index (κ2) is 9.34. The van der Waals surface area contributed by atoms with Gasteiger partial charge in [0.2, 0.25) is 5.91 Å². The summed E-state index contributed by atoms with van der Waals surface area (Å²) >= 11 is 17.8. The average Bonchev–Trinajstić information content (AvgIpc) is 3.06. The van der Waals surface area contributed by atoms with E-state index in [2.05, 4.69) is 10.3 Å². The molecule has 1 heterocycles. The number of phenols is 1. The van der Waals surface area contributed by atoms with Crippen LogP contribution in [0.5, 0.6) is 5.75 Å². The van der Waals surface area contributed by atoms with Crippen LogP contribution in [0, 0.1) is 5.92 Å². The summed E-state index contributed by atoms with van der Waals surface area (Å²) in [5, 5.41) is 23.5. The van der Waals surface area contributed by atoms with Crippen molar-refractivity contribution in [2.24, 2.45) is 5.92 Å². The van der Waals surface area contributed by atoms with Gasteiger partial charge in [0.05, 0.1) is 21.6 Å². The summed E-state index contributed by atoms with van der Waals surface area (Å²) in [6.45, 7) is 3.82. The van der Waals surface area contributed by atoms with Crippen molar-refractivity contribution in [2.75, 3.05) is 11.2 Å². The predicted octanol–water partition coefficient (Wildman–Crippen LogP) is 5.56. The standard InChI is InChI=1S/C21H20Cl3N3O4/c1-10(2)5-17(21(30)31)27-16-8-12(25-18(28)9-22)3-4-15(16)26-20(27)13-6-11(23)7-14(24)19(13)29/h3-4,6-8,10,17,29H,5,9H2,1-2H3,(H,25,28)(H,30,31). The molecule has 3 aromatic rings. The maximum atomic E-state index is 12.2. The third-order valence-corrected chi connectivity index (χ3v) is 5.40. The van der Waals surface area contributed by atoms with E-state index in [9.17, 15) is 19.8 Å². The fourth-order valence-corrected chi connectivity index (χ4v) is 3.93. The van der Waals surface area contributed by atoms with Crippen LogP contribution in [-0.2, 0) is 9.59 Å². The number of aromatic hydroxyl groups is 1. The first-order chi connectivity index (χ1) is 14.6. The number of rotatable bonds is 7. The molecular weight excluding hydrogens is 465 g/mol. The number of imidazole rings is 1. The lowest BCUT2D eigenvalue weighted by Gasteiger charge is -2.20. The number of carbonyl (C=O) groups excluding carboxylic acids is 1. The summed E-state index contributed by atoms with van der Waals surface area (Å²) in [7, 11) is 0. The zero-order chi connectivity index (χ0) is 22.9. The number of fused-ring (bicyclic) bond motifs is 1.